The van der Waals surface area contributed by atoms with E-state index in [9.17, 15) is 24.0 Å². The van der Waals surface area contributed by atoms with Crippen LogP contribution in [0, 0.1) is 0 Å². The molecule has 0 aliphatic heterocycles. The molecule has 3 aromatic carbocycles. The van der Waals surface area contributed by atoms with Crippen LogP contribution in [0.3, 0.4) is 0 Å². The summed E-state index contributed by atoms with van der Waals surface area (Å²) in [6.07, 6.45) is 2.24. The topological polar surface area (TPSA) is 140 Å². The first-order chi connectivity index (χ1) is 23.2. The van der Waals surface area contributed by atoms with E-state index in [4.69, 9.17) is 9.47 Å². The van der Waals surface area contributed by atoms with Crippen molar-refractivity contribution in [3.05, 3.63) is 91.0 Å². The molecule has 256 valence electrons. The number of carbonyl (C=O) groups is 5. The predicted molar refractivity (Wildman–Crippen MR) is 192 cm³/mol. The largest absolute Gasteiger partial charge is 0.467 e. The number of amides is 3. The molecule has 0 radical (unpaired) electrons. The zero-order valence-electron chi connectivity index (χ0n) is 27.4. The zero-order valence-corrected chi connectivity index (χ0v) is 29.2. The van der Waals surface area contributed by atoms with E-state index in [-0.39, 0.29) is 44.1 Å². The van der Waals surface area contributed by atoms with Crippen LogP contribution in [0.15, 0.2) is 91.0 Å². The maximum Gasteiger partial charge on any atom is 0.328 e. The fraction of sp³-hybridized carbons (Fsp3) is 0.361. The molecule has 0 heterocycles. The Bertz CT molecular complexity index is 1380. The van der Waals surface area contributed by atoms with Gasteiger partial charge >= 0.3 is 11.9 Å². The highest BCUT2D eigenvalue weighted by molar-refractivity contribution is 7.95. The Morgan fingerprint density at radius 1 is 0.729 bits per heavy atom. The van der Waals surface area contributed by atoms with Crippen LogP contribution in [0.25, 0.3) is 0 Å². The quantitative estimate of drug-likeness (QED) is 0.0655. The number of benzene rings is 3. The Balaban J connectivity index is 1.60. The van der Waals surface area contributed by atoms with E-state index in [0.29, 0.717) is 6.42 Å². The number of methoxy groups -OCH3 is 1. The second-order valence-corrected chi connectivity index (χ2v) is 15.0. The van der Waals surface area contributed by atoms with Crippen molar-refractivity contribution in [3.63, 3.8) is 0 Å². The number of hydrogen-bond donors (Lipinski definition) is 4. The first-order valence-corrected chi connectivity index (χ1v) is 18.6. The molecule has 0 saturated carbocycles. The van der Waals surface area contributed by atoms with E-state index in [2.05, 4.69) is 101 Å². The lowest BCUT2D eigenvalue weighted by molar-refractivity contribution is -0.145. The Kier molecular flexibility index (Phi) is 16.1. The number of hydrogen-bond acceptors (Lipinski definition) is 8. The van der Waals surface area contributed by atoms with Crippen molar-refractivity contribution >= 4 is 65.5 Å². The second-order valence-electron chi connectivity index (χ2n) is 11.0. The number of carbonyl (C=O) groups excluding carboxylic acids is 5. The molecule has 0 fully saturated rings. The Hall–Kier alpha value is -4.21. The van der Waals surface area contributed by atoms with Crippen molar-refractivity contribution in [2.45, 2.75) is 51.1 Å². The number of rotatable bonds is 19. The summed E-state index contributed by atoms with van der Waals surface area (Å²) >= 11 is 4.12. The molecule has 0 saturated heterocycles. The SMILES string of the molecule is CCOC(=O)CNC(=O)[C@H](CS)NC(=O)CC[C@H](NC(=O)CCCC[P+](c1ccccc1)(c1ccccc1)c1ccccc1)C(=O)OC. The lowest BCUT2D eigenvalue weighted by Gasteiger charge is -2.27. The normalized spacial score (nSPS) is 12.2. The first-order valence-electron chi connectivity index (χ1n) is 16.0. The molecule has 0 aliphatic rings. The molecule has 0 bridgehead atoms. The van der Waals surface area contributed by atoms with Crippen LogP contribution in [0.2, 0.25) is 0 Å². The minimum absolute atomic E-state index is 0.0139. The average molecular weight is 695 g/mol. The van der Waals surface area contributed by atoms with E-state index in [1.54, 1.807) is 6.92 Å². The summed E-state index contributed by atoms with van der Waals surface area (Å²) in [6, 6.07) is 29.5. The van der Waals surface area contributed by atoms with Crippen molar-refractivity contribution in [1.29, 1.82) is 0 Å². The van der Waals surface area contributed by atoms with Crippen molar-refractivity contribution in [2.24, 2.45) is 0 Å². The van der Waals surface area contributed by atoms with Crippen LogP contribution < -0.4 is 31.9 Å². The van der Waals surface area contributed by atoms with Gasteiger partial charge in [0.15, 0.2) is 0 Å². The van der Waals surface area contributed by atoms with E-state index < -0.39 is 43.1 Å². The summed E-state index contributed by atoms with van der Waals surface area (Å²) in [5.41, 5.74) is 0. The van der Waals surface area contributed by atoms with Gasteiger partial charge in [-0.2, -0.15) is 12.6 Å². The van der Waals surface area contributed by atoms with Crippen LogP contribution in [-0.4, -0.2) is 73.9 Å². The highest BCUT2D eigenvalue weighted by atomic mass is 32.1. The number of esters is 2. The first kappa shape index (κ1) is 38.2. The lowest BCUT2D eigenvalue weighted by Crippen LogP contribution is -2.49. The minimum Gasteiger partial charge on any atom is -0.467 e. The van der Waals surface area contributed by atoms with E-state index in [0.717, 1.165) is 12.6 Å². The molecule has 0 unspecified atom stereocenters. The van der Waals surface area contributed by atoms with Gasteiger partial charge in [-0.15, -0.1) is 0 Å². The van der Waals surface area contributed by atoms with Crippen molar-refractivity contribution < 1.29 is 33.4 Å². The molecule has 3 amide bonds. The van der Waals surface area contributed by atoms with E-state index >= 15 is 0 Å². The number of nitrogens with one attached hydrogen (secondary N) is 3. The molecule has 0 aromatic heterocycles. The summed E-state index contributed by atoms with van der Waals surface area (Å²) in [7, 11) is -0.810. The lowest BCUT2D eigenvalue weighted by atomic mass is 10.1. The molecular weight excluding hydrogens is 649 g/mol. The molecule has 3 rings (SSSR count). The van der Waals surface area contributed by atoms with Crippen molar-refractivity contribution in [1.82, 2.24) is 16.0 Å². The summed E-state index contributed by atoms with van der Waals surface area (Å²) in [5.74, 6) is -2.72. The number of unbranched alkanes of at least 4 members (excludes halogenated alkanes) is 1. The van der Waals surface area contributed by atoms with Gasteiger partial charge in [0.1, 0.15) is 41.8 Å². The molecule has 12 heteroatoms. The summed E-state index contributed by atoms with van der Waals surface area (Å²) < 4.78 is 9.66. The average Bonchev–Trinajstić information content (AvgIpc) is 3.12. The van der Waals surface area contributed by atoms with Gasteiger partial charge in [-0.3, -0.25) is 19.2 Å². The Labute approximate surface area is 288 Å². The maximum absolute atomic E-state index is 13.0. The minimum atomic E-state index is -2.02. The van der Waals surface area contributed by atoms with Gasteiger partial charge in [-0.1, -0.05) is 54.6 Å². The smallest absolute Gasteiger partial charge is 0.328 e. The van der Waals surface area contributed by atoms with Crippen LogP contribution in [-0.2, 0) is 33.4 Å². The zero-order chi connectivity index (χ0) is 34.8. The molecule has 3 aromatic rings. The van der Waals surface area contributed by atoms with Crippen LogP contribution in [0.1, 0.15) is 39.0 Å². The van der Waals surface area contributed by atoms with Crippen LogP contribution >= 0.6 is 19.9 Å². The Morgan fingerprint density at radius 2 is 1.23 bits per heavy atom. The van der Waals surface area contributed by atoms with Crippen LogP contribution in [0.5, 0.6) is 0 Å². The standard InChI is InChI=1S/C36H44N3O7PS/c1-3-46-34(42)25-37-35(43)31(26-48)39-33(41)23-22-30(36(44)45-2)38-32(40)21-13-14-24-47(27-15-7-4-8-16-27,28-17-9-5-10-18-28)29-19-11-6-12-20-29/h4-12,15-20,30-31H,3,13-14,21-26H2,1-2H3,(H3-,37,38,39,40,41,43,48)/p+1/t30-,31-/m0/s1. The molecule has 48 heavy (non-hydrogen) atoms. The predicted octanol–water partition coefficient (Wildman–Crippen LogP) is 2.68. The molecule has 0 aliphatic carbocycles. The van der Waals surface area contributed by atoms with Gasteiger partial charge < -0.3 is 25.4 Å². The van der Waals surface area contributed by atoms with Crippen molar-refractivity contribution in [2.75, 3.05) is 32.2 Å². The maximum atomic E-state index is 13.0. The third-order valence-electron chi connectivity index (χ3n) is 7.77. The fourth-order valence-electron chi connectivity index (χ4n) is 5.40. The van der Waals surface area contributed by atoms with E-state index in [1.165, 1.54) is 23.0 Å². The van der Waals surface area contributed by atoms with Gasteiger partial charge in [0.2, 0.25) is 17.7 Å². The highest BCUT2D eigenvalue weighted by Crippen LogP contribution is 2.55. The number of ether oxygens (including phenoxy) is 2. The van der Waals surface area contributed by atoms with E-state index in [1.807, 2.05) is 18.2 Å². The fourth-order valence-corrected chi connectivity index (χ4v) is 10.1. The monoisotopic (exact) mass is 694 g/mol. The van der Waals surface area contributed by atoms with Crippen LogP contribution in [0.4, 0.5) is 0 Å². The van der Waals surface area contributed by atoms with Gasteiger partial charge in [-0.05, 0) is 62.6 Å². The van der Waals surface area contributed by atoms with Crippen molar-refractivity contribution in [3.8, 4) is 0 Å². The molecule has 10 nitrogen and oxygen atoms in total. The second kappa shape index (κ2) is 20.2. The summed E-state index contributed by atoms with van der Waals surface area (Å²) in [6.45, 7) is 1.49. The van der Waals surface area contributed by atoms with Gasteiger partial charge in [0.25, 0.3) is 0 Å². The molecular formula is C36H45N3O7PS+. The molecule has 2 atom stereocenters. The third-order valence-corrected chi connectivity index (χ3v) is 12.7. The molecule has 0 spiro atoms. The number of thiol groups is 1. The Morgan fingerprint density at radius 3 is 1.71 bits per heavy atom. The van der Waals surface area contributed by atoms with Gasteiger partial charge in [0.05, 0.1) is 19.9 Å². The van der Waals surface area contributed by atoms with Gasteiger partial charge in [-0.25, -0.2) is 4.79 Å². The summed E-state index contributed by atoms with van der Waals surface area (Å²) in [4.78, 5) is 62.1. The molecule has 3 N–H and O–H groups in total. The summed E-state index contributed by atoms with van der Waals surface area (Å²) in [5, 5.41) is 11.5. The third kappa shape index (κ3) is 11.2. The van der Waals surface area contributed by atoms with Gasteiger partial charge in [0, 0.05) is 18.6 Å². The highest BCUT2D eigenvalue weighted by Gasteiger charge is 2.44.